The highest BCUT2D eigenvalue weighted by atomic mass is 15.2. The molecule has 0 aromatic rings. The van der Waals surface area contributed by atoms with Crippen LogP contribution < -0.4 is 0 Å². The number of likely N-dealkylation sites (tertiary alicyclic amines) is 1. The van der Waals surface area contributed by atoms with Crippen LogP contribution in [0.15, 0.2) is 0 Å². The Kier molecular flexibility index (Phi) is 4.02. The second-order valence-corrected chi connectivity index (χ2v) is 3.78. The van der Waals surface area contributed by atoms with Gasteiger partial charge in [-0.05, 0) is 39.5 Å². The minimum atomic E-state index is 0.833. The van der Waals surface area contributed by atoms with Crippen molar-refractivity contribution < 1.29 is 0 Å². The fourth-order valence-electron chi connectivity index (χ4n) is 2.01. The topological polar surface area (TPSA) is 6.48 Å². The van der Waals surface area contributed by atoms with Gasteiger partial charge in [-0.25, -0.2) is 0 Å². The third-order valence-electron chi connectivity index (χ3n) is 2.97. The summed E-state index contributed by atoms with van der Waals surface area (Å²) in [6.45, 7) is 9.47. The molecular weight excluding hydrogens is 148 g/mol. The van der Waals surface area contributed by atoms with Crippen LogP contribution in [-0.2, 0) is 0 Å². The number of rotatable bonds is 4. The first-order chi connectivity index (χ1) is 5.77. The minimum absolute atomic E-state index is 0.833. The Balaban J connectivity index is 2.30. The molecule has 0 aliphatic carbocycles. The molecule has 72 valence electrons. The van der Waals surface area contributed by atoms with Crippen LogP contribution >= 0.6 is 0 Å². The van der Waals surface area contributed by atoms with E-state index in [1.54, 1.807) is 0 Å². The molecule has 0 aromatic heterocycles. The molecule has 0 N–H and O–H groups in total. The molecule has 12 heavy (non-hydrogen) atoms. The van der Waals surface area contributed by atoms with Crippen LogP contribution in [0.25, 0.3) is 0 Å². The second-order valence-electron chi connectivity index (χ2n) is 3.78. The molecule has 0 bridgehead atoms. The molecular formula is C10H22N2. The lowest BCUT2D eigenvalue weighted by Crippen LogP contribution is -2.38. The molecule has 0 unspecified atom stereocenters. The summed E-state index contributed by atoms with van der Waals surface area (Å²) < 4.78 is 0. The van der Waals surface area contributed by atoms with Crippen LogP contribution in [0.1, 0.15) is 26.7 Å². The third-order valence-corrected chi connectivity index (χ3v) is 2.97. The van der Waals surface area contributed by atoms with Gasteiger partial charge in [0.15, 0.2) is 0 Å². The summed E-state index contributed by atoms with van der Waals surface area (Å²) in [5.74, 6) is 0. The van der Waals surface area contributed by atoms with Gasteiger partial charge >= 0.3 is 0 Å². The standard InChI is InChI=1S/C10H22N2/c1-4-11(3)9-10-7-6-8-12(10)5-2/h10H,4-9H2,1-3H3/t10-/m0/s1. The normalized spacial score (nSPS) is 25.5. The van der Waals surface area contributed by atoms with Gasteiger partial charge in [-0.3, -0.25) is 4.90 Å². The smallest absolute Gasteiger partial charge is 0.0223 e. The molecule has 1 atom stereocenters. The molecule has 0 aromatic carbocycles. The summed E-state index contributed by atoms with van der Waals surface area (Å²) in [7, 11) is 2.21. The fourth-order valence-corrected chi connectivity index (χ4v) is 2.01. The molecule has 1 heterocycles. The van der Waals surface area contributed by atoms with Crippen molar-refractivity contribution in [1.29, 1.82) is 0 Å². The van der Waals surface area contributed by atoms with E-state index in [4.69, 9.17) is 0 Å². The maximum atomic E-state index is 2.60. The van der Waals surface area contributed by atoms with Crippen LogP contribution in [0.2, 0.25) is 0 Å². The lowest BCUT2D eigenvalue weighted by Gasteiger charge is -2.26. The first-order valence-corrected chi connectivity index (χ1v) is 5.20. The molecule has 1 rings (SSSR count). The van der Waals surface area contributed by atoms with Crippen LogP contribution in [0.5, 0.6) is 0 Å². The molecule has 0 saturated carbocycles. The first kappa shape index (κ1) is 10.0. The van der Waals surface area contributed by atoms with Gasteiger partial charge in [0, 0.05) is 12.6 Å². The molecule has 0 amide bonds. The SMILES string of the molecule is CCN(C)C[C@@H]1CCCN1CC. The van der Waals surface area contributed by atoms with E-state index in [0.717, 1.165) is 6.04 Å². The highest BCUT2D eigenvalue weighted by Gasteiger charge is 2.23. The van der Waals surface area contributed by atoms with Gasteiger partial charge in [-0.2, -0.15) is 0 Å². The van der Waals surface area contributed by atoms with Crippen molar-refractivity contribution in [2.75, 3.05) is 33.2 Å². The lowest BCUT2D eigenvalue weighted by atomic mass is 10.2. The maximum Gasteiger partial charge on any atom is 0.0223 e. The van der Waals surface area contributed by atoms with Crippen molar-refractivity contribution in [3.05, 3.63) is 0 Å². The van der Waals surface area contributed by atoms with E-state index in [-0.39, 0.29) is 0 Å². The average Bonchev–Trinajstić information content (AvgIpc) is 2.51. The van der Waals surface area contributed by atoms with Gasteiger partial charge in [0.05, 0.1) is 0 Å². The summed E-state index contributed by atoms with van der Waals surface area (Å²) in [4.78, 5) is 5.02. The predicted octanol–water partition coefficient (Wildman–Crippen LogP) is 1.42. The van der Waals surface area contributed by atoms with Gasteiger partial charge in [-0.1, -0.05) is 13.8 Å². The van der Waals surface area contributed by atoms with Gasteiger partial charge < -0.3 is 4.90 Å². The molecule has 0 spiro atoms. The van der Waals surface area contributed by atoms with Crippen molar-refractivity contribution >= 4 is 0 Å². The molecule has 0 radical (unpaired) electrons. The van der Waals surface area contributed by atoms with Crippen molar-refractivity contribution in [1.82, 2.24) is 9.80 Å². The van der Waals surface area contributed by atoms with Crippen molar-refractivity contribution in [2.45, 2.75) is 32.7 Å². The van der Waals surface area contributed by atoms with Gasteiger partial charge in [0.2, 0.25) is 0 Å². The maximum absolute atomic E-state index is 2.60. The lowest BCUT2D eigenvalue weighted by molar-refractivity contribution is 0.203. The van der Waals surface area contributed by atoms with E-state index in [9.17, 15) is 0 Å². The summed E-state index contributed by atoms with van der Waals surface area (Å²) >= 11 is 0. The largest absolute Gasteiger partial charge is 0.305 e. The summed E-state index contributed by atoms with van der Waals surface area (Å²) in [5.41, 5.74) is 0. The Morgan fingerprint density at radius 1 is 1.42 bits per heavy atom. The van der Waals surface area contributed by atoms with Gasteiger partial charge in [-0.15, -0.1) is 0 Å². The zero-order chi connectivity index (χ0) is 8.97. The van der Waals surface area contributed by atoms with E-state index in [1.807, 2.05) is 0 Å². The fraction of sp³-hybridized carbons (Fsp3) is 1.00. The zero-order valence-corrected chi connectivity index (χ0v) is 8.71. The highest BCUT2D eigenvalue weighted by Crippen LogP contribution is 2.16. The van der Waals surface area contributed by atoms with Crippen molar-refractivity contribution in [3.63, 3.8) is 0 Å². The number of nitrogens with zero attached hydrogens (tertiary/aromatic N) is 2. The van der Waals surface area contributed by atoms with E-state index < -0.39 is 0 Å². The van der Waals surface area contributed by atoms with Crippen LogP contribution in [0.3, 0.4) is 0 Å². The Bertz CT molecular complexity index is 125. The second kappa shape index (κ2) is 4.83. The quantitative estimate of drug-likeness (QED) is 0.629. The van der Waals surface area contributed by atoms with Crippen LogP contribution in [0.4, 0.5) is 0 Å². The Hall–Kier alpha value is -0.0800. The van der Waals surface area contributed by atoms with E-state index in [1.165, 1.54) is 39.0 Å². The number of hydrogen-bond acceptors (Lipinski definition) is 2. The molecule has 2 nitrogen and oxygen atoms in total. The molecule has 1 aliphatic rings. The summed E-state index contributed by atoms with van der Waals surface area (Å²) in [5, 5.41) is 0. The predicted molar refractivity (Wildman–Crippen MR) is 53.4 cm³/mol. The van der Waals surface area contributed by atoms with E-state index in [2.05, 4.69) is 30.7 Å². The third kappa shape index (κ3) is 2.46. The Labute approximate surface area is 76.5 Å². The van der Waals surface area contributed by atoms with Crippen molar-refractivity contribution in [3.8, 4) is 0 Å². The summed E-state index contributed by atoms with van der Waals surface area (Å²) in [6, 6.07) is 0.833. The van der Waals surface area contributed by atoms with Gasteiger partial charge in [0.1, 0.15) is 0 Å². The number of hydrogen-bond donors (Lipinski definition) is 0. The van der Waals surface area contributed by atoms with Gasteiger partial charge in [0.25, 0.3) is 0 Å². The first-order valence-electron chi connectivity index (χ1n) is 5.20. The summed E-state index contributed by atoms with van der Waals surface area (Å²) in [6.07, 6.45) is 2.80. The molecule has 1 saturated heterocycles. The molecule has 1 aliphatic heterocycles. The monoisotopic (exact) mass is 170 g/mol. The average molecular weight is 170 g/mol. The minimum Gasteiger partial charge on any atom is -0.305 e. The van der Waals surface area contributed by atoms with E-state index >= 15 is 0 Å². The molecule has 2 heteroatoms. The van der Waals surface area contributed by atoms with Crippen molar-refractivity contribution in [2.24, 2.45) is 0 Å². The van der Waals surface area contributed by atoms with E-state index in [0.29, 0.717) is 0 Å². The van der Waals surface area contributed by atoms with Crippen LogP contribution in [-0.4, -0.2) is 49.1 Å². The molecule has 1 fully saturated rings. The zero-order valence-electron chi connectivity index (χ0n) is 8.71. The number of likely N-dealkylation sites (N-methyl/N-ethyl adjacent to an activating group) is 2. The van der Waals surface area contributed by atoms with Crippen LogP contribution in [0, 0.1) is 0 Å². The Morgan fingerprint density at radius 3 is 2.75 bits per heavy atom. The highest BCUT2D eigenvalue weighted by molar-refractivity contribution is 4.80. The Morgan fingerprint density at radius 2 is 2.17 bits per heavy atom.